The molecule has 5 rings (SSSR count). The van der Waals surface area contributed by atoms with Gasteiger partial charge in [-0.1, -0.05) is 60.7 Å². The van der Waals surface area contributed by atoms with Crippen molar-refractivity contribution in [2.24, 2.45) is 0 Å². The van der Waals surface area contributed by atoms with Crippen molar-refractivity contribution < 1.29 is 8.78 Å². The van der Waals surface area contributed by atoms with E-state index in [1.807, 2.05) is 73.8 Å². The Labute approximate surface area is 196 Å². The summed E-state index contributed by atoms with van der Waals surface area (Å²) < 4.78 is 31.8. The molecule has 4 nitrogen and oxygen atoms in total. The second-order valence-corrected chi connectivity index (χ2v) is 8.38. The highest BCUT2D eigenvalue weighted by molar-refractivity contribution is 5.94. The van der Waals surface area contributed by atoms with Crippen LogP contribution in [0.25, 0.3) is 11.0 Å². The molecule has 0 spiro atoms. The first kappa shape index (κ1) is 21.6. The van der Waals surface area contributed by atoms with Gasteiger partial charge in [-0.3, -0.25) is 0 Å². The maximum absolute atomic E-state index is 15.9. The molecule has 0 radical (unpaired) electrons. The molecule has 6 heteroatoms. The summed E-state index contributed by atoms with van der Waals surface area (Å²) in [5, 5.41) is 3.81. The summed E-state index contributed by atoms with van der Waals surface area (Å²) in [5.41, 5.74) is 10.8. The van der Waals surface area contributed by atoms with Crippen LogP contribution in [-0.2, 0) is 12.8 Å². The van der Waals surface area contributed by atoms with Crippen molar-refractivity contribution in [3.63, 3.8) is 0 Å². The average Bonchev–Trinajstić information content (AvgIpc) is 3.25. The fourth-order valence-corrected chi connectivity index (χ4v) is 4.33. The highest BCUT2D eigenvalue weighted by Gasteiger charge is 2.24. The van der Waals surface area contributed by atoms with Gasteiger partial charge in [0.2, 0.25) is 0 Å². The molecule has 4 N–H and O–H groups in total. The fourth-order valence-electron chi connectivity index (χ4n) is 4.33. The van der Waals surface area contributed by atoms with Crippen LogP contribution in [0.1, 0.15) is 27.8 Å². The second kappa shape index (κ2) is 8.98. The van der Waals surface area contributed by atoms with Gasteiger partial charge in [0.05, 0.1) is 5.69 Å². The highest BCUT2D eigenvalue weighted by atomic mass is 19.1. The van der Waals surface area contributed by atoms with Crippen LogP contribution in [0.3, 0.4) is 0 Å². The Morgan fingerprint density at radius 2 is 1.41 bits per heavy atom. The number of hydrogen-bond acceptors (Lipinski definition) is 3. The van der Waals surface area contributed by atoms with Gasteiger partial charge in [-0.05, 0) is 29.7 Å². The van der Waals surface area contributed by atoms with E-state index >= 15 is 8.78 Å². The number of nitrogens with zero attached hydrogens (tertiary/aromatic N) is 1. The van der Waals surface area contributed by atoms with Gasteiger partial charge in [-0.25, -0.2) is 13.8 Å². The first-order chi connectivity index (χ1) is 16.5. The predicted octanol–water partition coefficient (Wildman–Crippen LogP) is 6.66. The Hall–Kier alpha value is -4.19. The summed E-state index contributed by atoms with van der Waals surface area (Å²) >= 11 is 0. The van der Waals surface area contributed by atoms with Crippen LogP contribution < -0.4 is 11.1 Å². The summed E-state index contributed by atoms with van der Waals surface area (Å²) in [4.78, 5) is 7.39. The highest BCUT2D eigenvalue weighted by Crippen LogP contribution is 2.37. The maximum Gasteiger partial charge on any atom is 0.155 e. The zero-order chi connectivity index (χ0) is 23.7. The molecule has 2 aromatic heterocycles. The Kier molecular flexibility index (Phi) is 5.72. The van der Waals surface area contributed by atoms with E-state index in [1.165, 1.54) is 0 Å². The number of nitrogens with one attached hydrogen (secondary N) is 2. The lowest BCUT2D eigenvalue weighted by molar-refractivity contribution is 0.576. The quantitative estimate of drug-likeness (QED) is 0.251. The number of benzene rings is 3. The fraction of sp³-hybridized carbons (Fsp3) is 0.107. The SMILES string of the molecule is Cc1c[nH]c2nccc(Nc3c(F)c(Cc4ccccc4)c(N)c(Cc4ccccc4)c3F)c12. The lowest BCUT2D eigenvalue weighted by Gasteiger charge is -2.19. The molecule has 0 aliphatic rings. The summed E-state index contributed by atoms with van der Waals surface area (Å²) in [6.45, 7) is 1.92. The number of aryl methyl sites for hydroxylation is 1. The number of H-pyrrole nitrogens is 1. The molecular weight excluding hydrogens is 430 g/mol. The van der Waals surface area contributed by atoms with Gasteiger partial charge >= 0.3 is 0 Å². The van der Waals surface area contributed by atoms with Gasteiger partial charge in [0.25, 0.3) is 0 Å². The van der Waals surface area contributed by atoms with Crippen LogP contribution in [0.15, 0.2) is 79.1 Å². The van der Waals surface area contributed by atoms with Crippen LogP contribution in [0.4, 0.5) is 25.8 Å². The average molecular weight is 455 g/mol. The Morgan fingerprint density at radius 3 is 1.97 bits per heavy atom. The number of aromatic nitrogens is 2. The first-order valence-electron chi connectivity index (χ1n) is 11.1. The van der Waals surface area contributed by atoms with Gasteiger partial charge in [-0.15, -0.1) is 0 Å². The van der Waals surface area contributed by atoms with Crippen molar-refractivity contribution in [2.75, 3.05) is 11.1 Å². The minimum Gasteiger partial charge on any atom is -0.398 e. The lowest BCUT2D eigenvalue weighted by atomic mass is 9.94. The third-order valence-corrected chi connectivity index (χ3v) is 6.10. The van der Waals surface area contributed by atoms with Gasteiger partial charge in [0.1, 0.15) is 11.3 Å². The van der Waals surface area contributed by atoms with Crippen LogP contribution in [-0.4, -0.2) is 9.97 Å². The van der Waals surface area contributed by atoms with Crippen molar-refractivity contribution in [3.05, 3.63) is 119 Å². The molecule has 0 atom stereocenters. The minimum absolute atomic E-state index is 0.144. The Balaban J connectivity index is 1.67. The first-order valence-corrected chi connectivity index (χ1v) is 11.1. The number of fused-ring (bicyclic) bond motifs is 1. The number of nitrogen functional groups attached to an aromatic ring is 1. The van der Waals surface area contributed by atoms with Crippen molar-refractivity contribution in [1.29, 1.82) is 0 Å². The van der Waals surface area contributed by atoms with Gasteiger partial charge < -0.3 is 16.0 Å². The second-order valence-electron chi connectivity index (χ2n) is 8.38. The topological polar surface area (TPSA) is 66.7 Å². The number of nitrogens with two attached hydrogens (primary N) is 1. The lowest BCUT2D eigenvalue weighted by Crippen LogP contribution is -2.12. The van der Waals surface area contributed by atoms with E-state index in [-0.39, 0.29) is 35.3 Å². The molecule has 0 amide bonds. The van der Waals surface area contributed by atoms with Crippen LogP contribution in [0.2, 0.25) is 0 Å². The summed E-state index contributed by atoms with van der Waals surface area (Å²) in [6.07, 6.45) is 3.93. The van der Waals surface area contributed by atoms with Crippen molar-refractivity contribution in [2.45, 2.75) is 19.8 Å². The van der Waals surface area contributed by atoms with Gasteiger partial charge in [0.15, 0.2) is 11.6 Å². The Bertz CT molecular complexity index is 1390. The van der Waals surface area contributed by atoms with E-state index in [9.17, 15) is 0 Å². The molecule has 0 fully saturated rings. The normalized spacial score (nSPS) is 11.1. The van der Waals surface area contributed by atoms with E-state index < -0.39 is 11.6 Å². The molecule has 0 unspecified atom stereocenters. The van der Waals surface area contributed by atoms with Crippen LogP contribution in [0, 0.1) is 18.6 Å². The molecule has 2 heterocycles. The molecule has 34 heavy (non-hydrogen) atoms. The molecule has 0 aliphatic heterocycles. The van der Waals surface area contributed by atoms with Gasteiger partial charge in [-0.2, -0.15) is 0 Å². The summed E-state index contributed by atoms with van der Waals surface area (Å²) in [6, 6.07) is 20.7. The van der Waals surface area contributed by atoms with E-state index in [0.29, 0.717) is 11.3 Å². The number of pyridine rings is 1. The zero-order valence-corrected chi connectivity index (χ0v) is 18.7. The number of anilines is 3. The standard InChI is InChI=1S/C28H24F2N4/c1-17-16-33-28-23(17)22(12-13-32-28)34-27-24(29)20(14-18-8-4-2-5-9-18)26(31)21(25(27)30)15-19-10-6-3-7-11-19/h2-13,16H,14-15,31H2,1H3,(H2,32,33,34). The molecule has 5 aromatic rings. The van der Waals surface area contributed by atoms with Crippen LogP contribution >= 0.6 is 0 Å². The molecule has 3 aromatic carbocycles. The number of hydrogen-bond donors (Lipinski definition) is 3. The van der Waals surface area contributed by atoms with E-state index in [4.69, 9.17) is 5.73 Å². The number of halogens is 2. The predicted molar refractivity (Wildman–Crippen MR) is 133 cm³/mol. The molecule has 170 valence electrons. The molecule has 0 bridgehead atoms. The third-order valence-electron chi connectivity index (χ3n) is 6.10. The third kappa shape index (κ3) is 3.99. The Morgan fingerprint density at radius 1 is 0.853 bits per heavy atom. The molecule has 0 saturated carbocycles. The monoisotopic (exact) mass is 454 g/mol. The van der Waals surface area contributed by atoms with E-state index in [2.05, 4.69) is 15.3 Å². The minimum atomic E-state index is -0.686. The number of aromatic amines is 1. The van der Waals surface area contributed by atoms with Crippen molar-refractivity contribution in [1.82, 2.24) is 9.97 Å². The van der Waals surface area contributed by atoms with E-state index in [1.54, 1.807) is 12.3 Å². The zero-order valence-electron chi connectivity index (χ0n) is 18.7. The number of rotatable bonds is 6. The largest absolute Gasteiger partial charge is 0.398 e. The molecule has 0 saturated heterocycles. The molecule has 0 aliphatic carbocycles. The maximum atomic E-state index is 15.9. The van der Waals surface area contributed by atoms with Crippen LogP contribution in [0.5, 0.6) is 0 Å². The smallest absolute Gasteiger partial charge is 0.155 e. The van der Waals surface area contributed by atoms with E-state index in [0.717, 1.165) is 22.1 Å². The van der Waals surface area contributed by atoms with Gasteiger partial charge in [0, 0.05) is 47.4 Å². The van der Waals surface area contributed by atoms with Crippen molar-refractivity contribution >= 4 is 28.1 Å². The summed E-state index contributed by atoms with van der Waals surface area (Å²) in [5.74, 6) is -1.37. The van der Waals surface area contributed by atoms with Crippen molar-refractivity contribution in [3.8, 4) is 0 Å². The molecular formula is C28H24F2N4. The summed E-state index contributed by atoms with van der Waals surface area (Å²) in [7, 11) is 0.